The predicted octanol–water partition coefficient (Wildman–Crippen LogP) is 2.53. The number of nitro groups is 1. The highest BCUT2D eigenvalue weighted by molar-refractivity contribution is 9.10. The summed E-state index contributed by atoms with van der Waals surface area (Å²) in [5.41, 5.74) is -0.0263. The van der Waals surface area contributed by atoms with Crippen LogP contribution in [0.4, 0.5) is 5.69 Å². The van der Waals surface area contributed by atoms with Gasteiger partial charge in [-0.3, -0.25) is 14.9 Å². The quantitative estimate of drug-likeness (QED) is 0.524. The number of carboxylic acid groups (broad SMARTS) is 1. The summed E-state index contributed by atoms with van der Waals surface area (Å²) in [5.74, 6) is -0.999. The number of halogens is 1. The van der Waals surface area contributed by atoms with E-state index in [-0.39, 0.29) is 11.4 Å². The first-order chi connectivity index (χ1) is 7.00. The van der Waals surface area contributed by atoms with Crippen LogP contribution in [-0.2, 0) is 4.79 Å². The summed E-state index contributed by atoms with van der Waals surface area (Å²) in [6.45, 7) is 0. The second-order valence-corrected chi connectivity index (χ2v) is 4.43. The maximum Gasteiger partial charge on any atom is 0.313 e. The third kappa shape index (κ3) is 3.52. The molecule has 0 amide bonds. The molecule has 0 saturated carbocycles. The van der Waals surface area contributed by atoms with Gasteiger partial charge >= 0.3 is 5.97 Å². The number of hydrogen-bond acceptors (Lipinski definition) is 4. The van der Waals surface area contributed by atoms with Gasteiger partial charge in [-0.2, -0.15) is 0 Å². The molecule has 15 heavy (non-hydrogen) atoms. The first-order valence-corrected chi connectivity index (χ1v) is 5.57. The molecule has 0 aromatic heterocycles. The Morgan fingerprint density at radius 3 is 2.73 bits per heavy atom. The fourth-order valence-corrected chi connectivity index (χ4v) is 2.21. The van der Waals surface area contributed by atoms with Gasteiger partial charge in [0.2, 0.25) is 0 Å². The van der Waals surface area contributed by atoms with Crippen LogP contribution in [0.2, 0.25) is 0 Å². The number of carboxylic acids is 1. The van der Waals surface area contributed by atoms with Crippen molar-refractivity contribution in [1.82, 2.24) is 0 Å². The van der Waals surface area contributed by atoms with Crippen molar-refractivity contribution in [2.75, 3.05) is 5.75 Å². The number of hydrogen-bond donors (Lipinski definition) is 1. The van der Waals surface area contributed by atoms with E-state index in [1.807, 2.05) is 0 Å². The van der Waals surface area contributed by atoms with Gasteiger partial charge in [0.05, 0.1) is 10.7 Å². The number of benzene rings is 1. The summed E-state index contributed by atoms with van der Waals surface area (Å²) in [7, 11) is 0. The van der Waals surface area contributed by atoms with Crippen LogP contribution in [-0.4, -0.2) is 21.8 Å². The second kappa shape index (κ2) is 5.13. The van der Waals surface area contributed by atoms with E-state index in [0.29, 0.717) is 9.37 Å². The highest BCUT2D eigenvalue weighted by Crippen LogP contribution is 2.30. The monoisotopic (exact) mass is 291 g/mol. The molecule has 1 rings (SSSR count). The van der Waals surface area contributed by atoms with Crippen molar-refractivity contribution in [1.29, 1.82) is 0 Å². The average molecular weight is 292 g/mol. The van der Waals surface area contributed by atoms with Gasteiger partial charge in [0.25, 0.3) is 5.69 Å². The van der Waals surface area contributed by atoms with Gasteiger partial charge in [-0.05, 0) is 22.0 Å². The van der Waals surface area contributed by atoms with Gasteiger partial charge in [-0.1, -0.05) is 0 Å². The van der Waals surface area contributed by atoms with Gasteiger partial charge < -0.3 is 5.11 Å². The standard InChI is InChI=1S/C8H6BrNO4S/c9-6-3-5(10(13)14)1-2-7(6)15-4-8(11)12/h1-3H,4H2,(H,11,12). The van der Waals surface area contributed by atoms with E-state index in [0.717, 1.165) is 11.8 Å². The minimum Gasteiger partial charge on any atom is -0.481 e. The molecule has 0 aliphatic carbocycles. The van der Waals surface area contributed by atoms with Gasteiger partial charge in [0, 0.05) is 21.5 Å². The molecule has 1 N–H and O–H groups in total. The van der Waals surface area contributed by atoms with E-state index >= 15 is 0 Å². The van der Waals surface area contributed by atoms with Crippen LogP contribution >= 0.6 is 27.7 Å². The average Bonchev–Trinajstić information content (AvgIpc) is 2.15. The van der Waals surface area contributed by atoms with Crippen molar-refractivity contribution in [3.05, 3.63) is 32.8 Å². The van der Waals surface area contributed by atoms with E-state index in [9.17, 15) is 14.9 Å². The Bertz CT molecular complexity index is 410. The number of nitrogens with zero attached hydrogens (tertiary/aromatic N) is 1. The van der Waals surface area contributed by atoms with Gasteiger partial charge in [-0.15, -0.1) is 11.8 Å². The number of non-ortho nitro benzene ring substituents is 1. The third-order valence-corrected chi connectivity index (χ3v) is 3.45. The van der Waals surface area contributed by atoms with Gasteiger partial charge in [-0.25, -0.2) is 0 Å². The summed E-state index contributed by atoms with van der Waals surface area (Å²) < 4.78 is 0.531. The molecule has 0 aliphatic rings. The molecule has 0 aliphatic heterocycles. The molecule has 1 aromatic carbocycles. The van der Waals surface area contributed by atoms with Gasteiger partial charge in [0.1, 0.15) is 0 Å². The SMILES string of the molecule is O=C(O)CSc1ccc([N+](=O)[O-])cc1Br. The minimum atomic E-state index is -0.926. The van der Waals surface area contributed by atoms with E-state index in [1.54, 1.807) is 0 Å². The largest absolute Gasteiger partial charge is 0.481 e. The Morgan fingerprint density at radius 1 is 1.60 bits per heavy atom. The van der Waals surface area contributed by atoms with Crippen LogP contribution in [0.1, 0.15) is 0 Å². The molecule has 0 saturated heterocycles. The van der Waals surface area contributed by atoms with Crippen LogP contribution in [0.15, 0.2) is 27.6 Å². The lowest BCUT2D eigenvalue weighted by Crippen LogP contribution is -1.97. The van der Waals surface area contributed by atoms with Crippen molar-refractivity contribution < 1.29 is 14.8 Å². The minimum absolute atomic E-state index is 0.0263. The lowest BCUT2D eigenvalue weighted by Gasteiger charge is -2.01. The Labute approximate surface area is 97.8 Å². The molecule has 0 fully saturated rings. The zero-order valence-electron chi connectivity index (χ0n) is 7.34. The van der Waals surface area contributed by atoms with Crippen molar-refractivity contribution >= 4 is 39.3 Å². The zero-order valence-corrected chi connectivity index (χ0v) is 9.75. The van der Waals surface area contributed by atoms with Crippen LogP contribution in [0.3, 0.4) is 0 Å². The van der Waals surface area contributed by atoms with E-state index in [4.69, 9.17) is 5.11 Å². The second-order valence-electron chi connectivity index (χ2n) is 2.55. The van der Waals surface area contributed by atoms with Gasteiger partial charge in [0.15, 0.2) is 0 Å². The predicted molar refractivity (Wildman–Crippen MR) is 59.2 cm³/mol. The van der Waals surface area contributed by atoms with Crippen molar-refractivity contribution in [3.8, 4) is 0 Å². The maximum atomic E-state index is 10.4. The first kappa shape index (κ1) is 12.0. The van der Waals surface area contributed by atoms with Crippen LogP contribution in [0.5, 0.6) is 0 Å². The molecule has 7 heteroatoms. The fourth-order valence-electron chi connectivity index (χ4n) is 0.860. The maximum absolute atomic E-state index is 10.4. The van der Waals surface area contributed by atoms with Crippen LogP contribution in [0, 0.1) is 10.1 Å². The summed E-state index contributed by atoms with van der Waals surface area (Å²) in [4.78, 5) is 20.9. The molecule has 0 atom stereocenters. The molecular formula is C8H6BrNO4S. The lowest BCUT2D eigenvalue weighted by atomic mass is 10.3. The summed E-state index contributed by atoms with van der Waals surface area (Å²) in [6.07, 6.45) is 0. The molecule has 0 unspecified atom stereocenters. The number of nitro benzene ring substituents is 1. The number of thioether (sulfide) groups is 1. The molecule has 80 valence electrons. The highest BCUT2D eigenvalue weighted by Gasteiger charge is 2.10. The smallest absolute Gasteiger partial charge is 0.313 e. The van der Waals surface area contributed by atoms with E-state index < -0.39 is 10.9 Å². The topological polar surface area (TPSA) is 80.4 Å². The Kier molecular flexibility index (Phi) is 4.10. The van der Waals surface area contributed by atoms with Crippen molar-refractivity contribution in [2.24, 2.45) is 0 Å². The molecule has 5 nitrogen and oxygen atoms in total. The number of aliphatic carboxylic acids is 1. The third-order valence-electron chi connectivity index (χ3n) is 1.48. The van der Waals surface area contributed by atoms with Crippen LogP contribution in [0.25, 0.3) is 0 Å². The fraction of sp³-hybridized carbons (Fsp3) is 0.125. The summed E-state index contributed by atoms with van der Waals surface area (Å²) in [5, 5.41) is 18.9. The molecule has 0 bridgehead atoms. The van der Waals surface area contributed by atoms with Crippen molar-refractivity contribution in [2.45, 2.75) is 4.90 Å². The van der Waals surface area contributed by atoms with Crippen molar-refractivity contribution in [3.63, 3.8) is 0 Å². The number of carbonyl (C=O) groups is 1. The highest BCUT2D eigenvalue weighted by atomic mass is 79.9. The molecule has 0 radical (unpaired) electrons. The molecule has 0 heterocycles. The first-order valence-electron chi connectivity index (χ1n) is 3.79. The molecule has 0 spiro atoms. The van der Waals surface area contributed by atoms with E-state index in [2.05, 4.69) is 15.9 Å². The summed E-state index contributed by atoms with van der Waals surface area (Å²) in [6, 6.07) is 4.22. The number of rotatable bonds is 4. The molecule has 1 aromatic rings. The Balaban J connectivity index is 2.83. The van der Waals surface area contributed by atoms with E-state index in [1.165, 1.54) is 18.2 Å². The molecular weight excluding hydrogens is 286 g/mol. The lowest BCUT2D eigenvalue weighted by molar-refractivity contribution is -0.385. The zero-order chi connectivity index (χ0) is 11.4. The van der Waals surface area contributed by atoms with Crippen LogP contribution < -0.4 is 0 Å². The normalized spacial score (nSPS) is 9.93. The Hall–Kier alpha value is -1.08. The summed E-state index contributed by atoms with van der Waals surface area (Å²) >= 11 is 4.25. The Morgan fingerprint density at radius 2 is 2.27 bits per heavy atom.